The molecule has 2 fully saturated rings. The van der Waals surface area contributed by atoms with Crippen LogP contribution in [0, 0.1) is 0 Å². The van der Waals surface area contributed by atoms with E-state index in [0.29, 0.717) is 6.17 Å². The fourth-order valence-electron chi connectivity index (χ4n) is 4.32. The van der Waals surface area contributed by atoms with Crippen molar-refractivity contribution < 1.29 is 0 Å². The van der Waals surface area contributed by atoms with Crippen molar-refractivity contribution in [1.82, 2.24) is 9.80 Å². The molecule has 2 aliphatic rings. The quantitative estimate of drug-likeness (QED) is 0.767. The molecule has 0 aliphatic carbocycles. The Bertz CT molecular complexity index is 655. The Morgan fingerprint density at radius 2 is 1.67 bits per heavy atom. The molecule has 126 valence electrons. The van der Waals surface area contributed by atoms with Gasteiger partial charge in [0, 0.05) is 30.7 Å². The number of fused-ring (bicyclic) bond motifs is 1. The molecule has 4 rings (SSSR count). The van der Waals surface area contributed by atoms with Crippen LogP contribution in [0.4, 0.5) is 0 Å². The van der Waals surface area contributed by atoms with Gasteiger partial charge in [0.1, 0.15) is 0 Å². The summed E-state index contributed by atoms with van der Waals surface area (Å²) in [5.74, 6) is 0. The second-order valence-electron chi connectivity index (χ2n) is 7.06. The summed E-state index contributed by atoms with van der Waals surface area (Å²) in [4.78, 5) is 5.37. The van der Waals surface area contributed by atoms with Crippen molar-refractivity contribution in [3.05, 3.63) is 70.7 Å². The van der Waals surface area contributed by atoms with Gasteiger partial charge in [0.15, 0.2) is 0 Å². The molecular formula is C21H25ClN2. The first kappa shape index (κ1) is 16.1. The molecule has 2 heterocycles. The molecule has 0 radical (unpaired) electrons. The van der Waals surface area contributed by atoms with Gasteiger partial charge in [0.2, 0.25) is 0 Å². The summed E-state index contributed by atoms with van der Waals surface area (Å²) in [5.41, 5.74) is 2.77. The minimum Gasteiger partial charge on any atom is -0.281 e. The molecule has 2 aromatic rings. The Morgan fingerprint density at radius 1 is 0.875 bits per heavy atom. The molecule has 0 aromatic heterocycles. The lowest BCUT2D eigenvalue weighted by Gasteiger charge is -2.50. The summed E-state index contributed by atoms with van der Waals surface area (Å²) in [6.07, 6.45) is 5.72. The van der Waals surface area contributed by atoms with Crippen molar-refractivity contribution in [2.24, 2.45) is 0 Å². The van der Waals surface area contributed by atoms with E-state index in [0.717, 1.165) is 17.6 Å². The van der Waals surface area contributed by atoms with E-state index in [9.17, 15) is 0 Å². The second kappa shape index (κ2) is 7.26. The lowest BCUT2D eigenvalue weighted by molar-refractivity contribution is -0.0566. The zero-order chi connectivity index (χ0) is 16.4. The summed E-state index contributed by atoms with van der Waals surface area (Å²) < 4.78 is 0. The van der Waals surface area contributed by atoms with Crippen LogP contribution in [0.15, 0.2) is 54.6 Å². The molecule has 24 heavy (non-hydrogen) atoms. The van der Waals surface area contributed by atoms with E-state index < -0.39 is 0 Å². The number of halogens is 1. The van der Waals surface area contributed by atoms with E-state index in [-0.39, 0.29) is 0 Å². The monoisotopic (exact) mass is 340 g/mol. The van der Waals surface area contributed by atoms with Gasteiger partial charge in [-0.3, -0.25) is 9.80 Å². The first-order valence-corrected chi connectivity index (χ1v) is 9.48. The van der Waals surface area contributed by atoms with Crippen molar-refractivity contribution in [2.75, 3.05) is 13.1 Å². The van der Waals surface area contributed by atoms with Crippen LogP contribution in [-0.4, -0.2) is 28.9 Å². The number of piperidine rings is 1. The number of hydrogen-bond acceptors (Lipinski definition) is 2. The van der Waals surface area contributed by atoms with Crippen LogP contribution in [0.25, 0.3) is 0 Å². The highest BCUT2D eigenvalue weighted by molar-refractivity contribution is 6.30. The molecule has 2 nitrogen and oxygen atoms in total. The zero-order valence-corrected chi connectivity index (χ0v) is 14.8. The minimum absolute atomic E-state index is 0.376. The first-order chi connectivity index (χ1) is 11.8. The smallest absolute Gasteiger partial charge is 0.0891 e. The molecule has 0 N–H and O–H groups in total. The SMILES string of the molecule is Clc1ccc(C2N(Cc3ccccc3)CCC3CCCCN32)cc1. The first-order valence-electron chi connectivity index (χ1n) is 9.10. The molecule has 0 bridgehead atoms. The Morgan fingerprint density at radius 3 is 2.46 bits per heavy atom. The Hall–Kier alpha value is -1.35. The number of hydrogen-bond donors (Lipinski definition) is 0. The van der Waals surface area contributed by atoms with Crippen LogP contribution in [0.1, 0.15) is 43.0 Å². The molecule has 2 aliphatic heterocycles. The van der Waals surface area contributed by atoms with Gasteiger partial charge in [0.25, 0.3) is 0 Å². The Kier molecular flexibility index (Phi) is 4.88. The van der Waals surface area contributed by atoms with Crippen molar-refractivity contribution >= 4 is 11.6 Å². The normalized spacial score (nSPS) is 25.4. The average Bonchev–Trinajstić information content (AvgIpc) is 2.63. The number of benzene rings is 2. The second-order valence-corrected chi connectivity index (χ2v) is 7.49. The molecular weight excluding hydrogens is 316 g/mol. The summed E-state index contributed by atoms with van der Waals surface area (Å²) in [5, 5.41) is 0.819. The van der Waals surface area contributed by atoms with Crippen LogP contribution in [0.2, 0.25) is 5.02 Å². The summed E-state index contributed by atoms with van der Waals surface area (Å²) in [6.45, 7) is 3.39. The minimum atomic E-state index is 0.376. The van der Waals surface area contributed by atoms with Crippen molar-refractivity contribution in [2.45, 2.75) is 44.4 Å². The predicted molar refractivity (Wildman–Crippen MR) is 100 cm³/mol. The molecule has 2 atom stereocenters. The zero-order valence-electron chi connectivity index (χ0n) is 14.1. The lowest BCUT2D eigenvalue weighted by atomic mass is 9.93. The van der Waals surface area contributed by atoms with Crippen LogP contribution < -0.4 is 0 Å². The summed E-state index contributed by atoms with van der Waals surface area (Å²) in [6, 6.07) is 20.1. The lowest BCUT2D eigenvalue weighted by Crippen LogP contribution is -2.54. The van der Waals surface area contributed by atoms with Crippen LogP contribution in [0.5, 0.6) is 0 Å². The standard InChI is InChI=1S/C21H25ClN2/c22-19-11-9-18(10-12-19)21-23(16-17-6-2-1-3-7-17)15-13-20-8-4-5-14-24(20)21/h1-3,6-7,9-12,20-21H,4-5,8,13-16H2. The van der Waals surface area contributed by atoms with E-state index >= 15 is 0 Å². The molecule has 3 heteroatoms. The van der Waals surface area contributed by atoms with Gasteiger partial charge in [-0.1, -0.05) is 60.5 Å². The van der Waals surface area contributed by atoms with Gasteiger partial charge in [-0.2, -0.15) is 0 Å². The third-order valence-electron chi connectivity index (χ3n) is 5.48. The topological polar surface area (TPSA) is 6.48 Å². The molecule has 2 unspecified atom stereocenters. The highest BCUT2D eigenvalue weighted by Crippen LogP contribution is 2.37. The van der Waals surface area contributed by atoms with Crippen molar-refractivity contribution in [3.8, 4) is 0 Å². The maximum absolute atomic E-state index is 6.13. The maximum Gasteiger partial charge on any atom is 0.0891 e. The molecule has 2 saturated heterocycles. The summed E-state index contributed by atoms with van der Waals surface area (Å²) >= 11 is 6.13. The Balaban J connectivity index is 1.64. The van der Waals surface area contributed by atoms with E-state index in [1.165, 1.54) is 49.9 Å². The van der Waals surface area contributed by atoms with Crippen molar-refractivity contribution in [3.63, 3.8) is 0 Å². The van der Waals surface area contributed by atoms with Gasteiger partial charge in [-0.05, 0) is 42.5 Å². The van der Waals surface area contributed by atoms with Crippen molar-refractivity contribution in [1.29, 1.82) is 0 Å². The highest BCUT2D eigenvalue weighted by atomic mass is 35.5. The van der Waals surface area contributed by atoms with Gasteiger partial charge >= 0.3 is 0 Å². The van der Waals surface area contributed by atoms with E-state index in [1.54, 1.807) is 0 Å². The molecule has 0 saturated carbocycles. The molecule has 0 amide bonds. The maximum atomic E-state index is 6.13. The average molecular weight is 341 g/mol. The predicted octanol–water partition coefficient (Wildman–Crippen LogP) is 5.10. The van der Waals surface area contributed by atoms with Crippen LogP contribution in [-0.2, 0) is 6.54 Å². The fourth-order valence-corrected chi connectivity index (χ4v) is 4.45. The highest BCUT2D eigenvalue weighted by Gasteiger charge is 2.37. The Labute approximate surface area is 150 Å². The molecule has 0 spiro atoms. The van der Waals surface area contributed by atoms with Gasteiger partial charge in [-0.25, -0.2) is 0 Å². The number of rotatable bonds is 3. The van der Waals surface area contributed by atoms with Crippen LogP contribution >= 0.6 is 11.6 Å². The fraction of sp³-hybridized carbons (Fsp3) is 0.429. The van der Waals surface area contributed by atoms with Crippen LogP contribution in [0.3, 0.4) is 0 Å². The van der Waals surface area contributed by atoms with E-state index in [1.807, 2.05) is 12.1 Å². The third kappa shape index (κ3) is 3.37. The number of nitrogens with zero attached hydrogens (tertiary/aromatic N) is 2. The van der Waals surface area contributed by atoms with E-state index in [2.05, 4.69) is 52.3 Å². The van der Waals surface area contributed by atoms with Gasteiger partial charge in [-0.15, -0.1) is 0 Å². The molecule has 2 aromatic carbocycles. The largest absolute Gasteiger partial charge is 0.281 e. The summed E-state index contributed by atoms with van der Waals surface area (Å²) in [7, 11) is 0. The van der Waals surface area contributed by atoms with E-state index in [4.69, 9.17) is 11.6 Å². The third-order valence-corrected chi connectivity index (χ3v) is 5.73. The van der Waals surface area contributed by atoms with Gasteiger partial charge in [0.05, 0.1) is 6.17 Å². The van der Waals surface area contributed by atoms with Gasteiger partial charge < -0.3 is 0 Å².